The van der Waals surface area contributed by atoms with E-state index in [0.29, 0.717) is 22.4 Å². The van der Waals surface area contributed by atoms with E-state index in [0.717, 1.165) is 0 Å². The molecule has 0 radical (unpaired) electrons. The molecule has 1 amide bonds. The van der Waals surface area contributed by atoms with Gasteiger partial charge in [0.05, 0.1) is 18.1 Å². The van der Waals surface area contributed by atoms with Crippen LogP contribution in [0.15, 0.2) is 18.2 Å². The van der Waals surface area contributed by atoms with Gasteiger partial charge in [-0.05, 0) is 25.1 Å². The minimum absolute atomic E-state index is 0.0500. The molecule has 0 fully saturated rings. The normalized spacial score (nSPS) is 16.4. The van der Waals surface area contributed by atoms with Crippen molar-refractivity contribution in [2.45, 2.75) is 26.1 Å². The summed E-state index contributed by atoms with van der Waals surface area (Å²) in [7, 11) is 0. The van der Waals surface area contributed by atoms with E-state index in [2.05, 4.69) is 10.2 Å². The van der Waals surface area contributed by atoms with Gasteiger partial charge in [0.15, 0.2) is 12.4 Å². The predicted molar refractivity (Wildman–Crippen MR) is 88.7 cm³/mol. The van der Waals surface area contributed by atoms with Gasteiger partial charge in [-0.1, -0.05) is 23.2 Å². The first-order valence-electron chi connectivity index (χ1n) is 7.35. The van der Waals surface area contributed by atoms with Crippen LogP contribution in [0.4, 0.5) is 0 Å². The summed E-state index contributed by atoms with van der Waals surface area (Å²) in [5.41, 5.74) is 0. The van der Waals surface area contributed by atoms with E-state index in [9.17, 15) is 14.7 Å². The molecule has 3 rings (SSSR count). The first kappa shape index (κ1) is 17.5. The average molecular weight is 385 g/mol. The van der Waals surface area contributed by atoms with Crippen LogP contribution in [0.2, 0.25) is 10.0 Å². The monoisotopic (exact) mass is 384 g/mol. The van der Waals surface area contributed by atoms with Crippen molar-refractivity contribution in [1.29, 1.82) is 0 Å². The number of carboxylic acids is 1. The molecule has 0 saturated carbocycles. The van der Waals surface area contributed by atoms with Crippen molar-refractivity contribution in [2.75, 3.05) is 6.61 Å². The summed E-state index contributed by atoms with van der Waals surface area (Å²) in [5, 5.41) is 18.1. The molecule has 2 aromatic rings. The third-order valence-electron chi connectivity index (χ3n) is 3.91. The molecule has 1 aliphatic heterocycles. The van der Waals surface area contributed by atoms with Crippen LogP contribution in [0.3, 0.4) is 0 Å². The maximum atomic E-state index is 12.5. The molecule has 1 N–H and O–H groups in total. The third kappa shape index (κ3) is 3.54. The summed E-state index contributed by atoms with van der Waals surface area (Å²) in [6, 6.07) is 3.61. The Hall–Kier alpha value is -2.32. The van der Waals surface area contributed by atoms with E-state index in [1.165, 1.54) is 11.0 Å². The molecule has 1 aromatic carbocycles. The highest BCUT2D eigenvalue weighted by atomic mass is 35.5. The lowest BCUT2D eigenvalue weighted by molar-refractivity contribution is -0.153. The van der Waals surface area contributed by atoms with Gasteiger partial charge in [-0.3, -0.25) is 4.79 Å². The second-order valence-electron chi connectivity index (χ2n) is 5.51. The van der Waals surface area contributed by atoms with Gasteiger partial charge in [-0.25, -0.2) is 4.79 Å². The first-order valence-corrected chi connectivity index (χ1v) is 8.11. The SMILES string of the molecule is Cc1nnc2n1CC(C(=O)O)N(C(=O)COc1ccc(Cl)cc1Cl)C2. The number of hydrogen-bond donors (Lipinski definition) is 1. The van der Waals surface area contributed by atoms with Crippen LogP contribution >= 0.6 is 23.2 Å². The van der Waals surface area contributed by atoms with E-state index < -0.39 is 17.9 Å². The number of rotatable bonds is 4. The highest BCUT2D eigenvalue weighted by Crippen LogP contribution is 2.27. The van der Waals surface area contributed by atoms with Gasteiger partial charge < -0.3 is 19.3 Å². The fourth-order valence-corrected chi connectivity index (χ4v) is 3.06. The first-order chi connectivity index (χ1) is 11.9. The van der Waals surface area contributed by atoms with Crippen molar-refractivity contribution in [3.63, 3.8) is 0 Å². The van der Waals surface area contributed by atoms with Crippen LogP contribution in [0, 0.1) is 6.92 Å². The van der Waals surface area contributed by atoms with Gasteiger partial charge >= 0.3 is 5.97 Å². The summed E-state index contributed by atoms with van der Waals surface area (Å²) in [4.78, 5) is 25.3. The molecule has 1 atom stereocenters. The Morgan fingerprint density at radius 1 is 1.36 bits per heavy atom. The van der Waals surface area contributed by atoms with E-state index in [1.54, 1.807) is 23.6 Å². The molecular weight excluding hydrogens is 371 g/mol. The maximum absolute atomic E-state index is 12.5. The van der Waals surface area contributed by atoms with Crippen molar-refractivity contribution in [3.8, 4) is 5.75 Å². The minimum Gasteiger partial charge on any atom is -0.482 e. The third-order valence-corrected chi connectivity index (χ3v) is 4.44. The second-order valence-corrected chi connectivity index (χ2v) is 6.36. The van der Waals surface area contributed by atoms with Gasteiger partial charge in [-0.15, -0.1) is 10.2 Å². The molecule has 132 valence electrons. The standard InChI is InChI=1S/C15H14Cl2N4O4/c1-8-18-19-13-6-21(11(15(23)24)5-20(8)13)14(22)7-25-12-3-2-9(16)4-10(12)17/h2-4,11H,5-7H2,1H3,(H,23,24). The fraction of sp³-hybridized carbons (Fsp3) is 0.333. The molecule has 2 heterocycles. The Morgan fingerprint density at radius 3 is 2.80 bits per heavy atom. The van der Waals surface area contributed by atoms with Crippen molar-refractivity contribution in [2.24, 2.45) is 0 Å². The zero-order chi connectivity index (χ0) is 18.1. The molecule has 0 bridgehead atoms. The average Bonchev–Trinajstić information content (AvgIpc) is 2.93. The Balaban J connectivity index is 1.74. The van der Waals surface area contributed by atoms with Crippen molar-refractivity contribution < 1.29 is 19.4 Å². The van der Waals surface area contributed by atoms with Gasteiger partial charge in [0.2, 0.25) is 0 Å². The number of carbonyl (C=O) groups excluding carboxylic acids is 1. The number of halogens is 2. The number of aromatic nitrogens is 3. The van der Waals surface area contributed by atoms with Crippen LogP contribution in [0.25, 0.3) is 0 Å². The number of fused-ring (bicyclic) bond motifs is 1. The zero-order valence-corrected chi connectivity index (χ0v) is 14.7. The second kappa shape index (κ2) is 6.89. The highest BCUT2D eigenvalue weighted by molar-refractivity contribution is 6.35. The molecule has 1 aromatic heterocycles. The van der Waals surface area contributed by atoms with E-state index in [4.69, 9.17) is 27.9 Å². The molecule has 0 spiro atoms. The van der Waals surface area contributed by atoms with Crippen LogP contribution < -0.4 is 4.74 Å². The quantitative estimate of drug-likeness (QED) is 0.862. The summed E-state index contributed by atoms with van der Waals surface area (Å²) < 4.78 is 7.10. The predicted octanol–water partition coefficient (Wildman–Crippen LogP) is 1.77. The molecular formula is C15H14Cl2N4O4. The van der Waals surface area contributed by atoms with E-state index >= 15 is 0 Å². The lowest BCUT2D eigenvalue weighted by Gasteiger charge is -2.33. The van der Waals surface area contributed by atoms with Crippen LogP contribution in [-0.4, -0.2) is 49.3 Å². The highest BCUT2D eigenvalue weighted by Gasteiger charge is 2.36. The summed E-state index contributed by atoms with van der Waals surface area (Å²) in [6.07, 6.45) is 0. The van der Waals surface area contributed by atoms with E-state index in [1.807, 2.05) is 0 Å². The van der Waals surface area contributed by atoms with Crippen LogP contribution in [-0.2, 0) is 22.7 Å². The smallest absolute Gasteiger partial charge is 0.328 e. The zero-order valence-electron chi connectivity index (χ0n) is 13.1. The number of aryl methyl sites for hydroxylation is 1. The number of carboxylic acid groups (broad SMARTS) is 1. The Bertz CT molecular complexity index is 839. The molecule has 1 unspecified atom stereocenters. The lowest BCUT2D eigenvalue weighted by Crippen LogP contribution is -2.52. The van der Waals surface area contributed by atoms with Crippen molar-refractivity contribution in [3.05, 3.63) is 39.9 Å². The van der Waals surface area contributed by atoms with Crippen molar-refractivity contribution >= 4 is 35.1 Å². The van der Waals surface area contributed by atoms with Crippen LogP contribution in [0.5, 0.6) is 5.75 Å². The fourth-order valence-electron chi connectivity index (χ4n) is 2.60. The topological polar surface area (TPSA) is 97.5 Å². The number of aliphatic carboxylic acids is 1. The largest absolute Gasteiger partial charge is 0.482 e. The van der Waals surface area contributed by atoms with Gasteiger partial charge in [-0.2, -0.15) is 0 Å². The number of nitrogens with zero attached hydrogens (tertiary/aromatic N) is 4. The molecule has 25 heavy (non-hydrogen) atoms. The Kier molecular flexibility index (Phi) is 4.82. The molecule has 10 heteroatoms. The minimum atomic E-state index is -1.10. The maximum Gasteiger partial charge on any atom is 0.328 e. The number of hydrogen-bond acceptors (Lipinski definition) is 5. The van der Waals surface area contributed by atoms with Gasteiger partial charge in [0.25, 0.3) is 5.91 Å². The number of carbonyl (C=O) groups is 2. The Labute approximate surface area is 152 Å². The summed E-state index contributed by atoms with van der Waals surface area (Å²) in [6.45, 7) is 1.53. The number of ether oxygens (including phenoxy) is 1. The Morgan fingerprint density at radius 2 is 2.12 bits per heavy atom. The molecule has 0 saturated heterocycles. The van der Waals surface area contributed by atoms with Crippen LogP contribution in [0.1, 0.15) is 11.6 Å². The van der Waals surface area contributed by atoms with Crippen molar-refractivity contribution in [1.82, 2.24) is 19.7 Å². The van der Waals surface area contributed by atoms with E-state index in [-0.39, 0.29) is 24.7 Å². The molecule has 1 aliphatic rings. The number of amides is 1. The van der Waals surface area contributed by atoms with Gasteiger partial charge in [0.1, 0.15) is 17.6 Å². The number of benzene rings is 1. The summed E-state index contributed by atoms with van der Waals surface area (Å²) >= 11 is 11.8. The summed E-state index contributed by atoms with van der Waals surface area (Å²) in [5.74, 6) is -0.144. The van der Waals surface area contributed by atoms with Gasteiger partial charge in [0, 0.05) is 5.02 Å². The lowest BCUT2D eigenvalue weighted by atomic mass is 10.2. The molecule has 8 nitrogen and oxygen atoms in total. The molecule has 0 aliphatic carbocycles.